The van der Waals surface area contributed by atoms with Gasteiger partial charge in [0, 0.05) is 31.7 Å². The van der Waals surface area contributed by atoms with Crippen LogP contribution in [0.4, 0.5) is 10.1 Å². The van der Waals surface area contributed by atoms with Crippen LogP contribution < -0.4 is 4.90 Å². The second kappa shape index (κ2) is 7.66. The predicted molar refractivity (Wildman–Crippen MR) is 103 cm³/mol. The summed E-state index contributed by atoms with van der Waals surface area (Å²) in [4.78, 5) is 3.86. The molecule has 8 heteroatoms. The molecule has 1 aromatic carbocycles. The van der Waals surface area contributed by atoms with Gasteiger partial charge >= 0.3 is 0 Å². The van der Waals surface area contributed by atoms with Crippen molar-refractivity contribution in [2.75, 3.05) is 49.2 Å². The highest BCUT2D eigenvalue weighted by atomic mass is 32.2. The third-order valence-electron chi connectivity index (χ3n) is 5.99. The molecule has 0 amide bonds. The zero-order valence-electron chi connectivity index (χ0n) is 15.8. The van der Waals surface area contributed by atoms with Gasteiger partial charge in [-0.1, -0.05) is 12.1 Å². The van der Waals surface area contributed by atoms with Crippen molar-refractivity contribution in [2.45, 2.75) is 37.3 Å². The summed E-state index contributed by atoms with van der Waals surface area (Å²) in [6.07, 6.45) is 1.44. The van der Waals surface area contributed by atoms with Crippen LogP contribution in [0.1, 0.15) is 26.2 Å². The van der Waals surface area contributed by atoms with Crippen LogP contribution in [0.5, 0.6) is 0 Å². The average molecular weight is 401 g/mol. The first kappa shape index (κ1) is 20.5. The van der Waals surface area contributed by atoms with E-state index < -0.39 is 21.0 Å². The molecule has 0 saturated carbocycles. The maximum Gasteiger partial charge on any atom is 0.152 e. The van der Waals surface area contributed by atoms with Gasteiger partial charge in [0.2, 0.25) is 0 Å². The number of para-hydroxylation sites is 1. The van der Waals surface area contributed by atoms with Crippen molar-refractivity contribution in [3.8, 4) is 0 Å². The number of halogens is 1. The topological polar surface area (TPSA) is 81.1 Å². The van der Waals surface area contributed by atoms with Crippen molar-refractivity contribution in [3.63, 3.8) is 0 Å². The highest BCUT2D eigenvalue weighted by Gasteiger charge is 2.45. The van der Waals surface area contributed by atoms with Gasteiger partial charge in [-0.25, -0.2) is 12.8 Å². The first-order valence-corrected chi connectivity index (χ1v) is 11.3. The molecule has 152 valence electrons. The van der Waals surface area contributed by atoms with E-state index in [9.17, 15) is 23.0 Å². The zero-order chi connectivity index (χ0) is 19.7. The molecule has 1 aromatic rings. The number of hydrogen-bond donors (Lipinski definition) is 2. The van der Waals surface area contributed by atoms with Gasteiger partial charge in [0.25, 0.3) is 0 Å². The molecule has 0 spiro atoms. The molecule has 2 aliphatic rings. The average Bonchev–Trinajstić information content (AvgIpc) is 2.90. The van der Waals surface area contributed by atoms with E-state index in [1.807, 2.05) is 16.7 Å². The molecule has 0 radical (unpaired) electrons. The largest absolute Gasteiger partial charge is 0.395 e. The lowest BCUT2D eigenvalue weighted by molar-refractivity contribution is -0.0444. The number of benzene rings is 1. The summed E-state index contributed by atoms with van der Waals surface area (Å²) in [5, 5.41) is 20.6. The Morgan fingerprint density at radius 3 is 2.44 bits per heavy atom. The van der Waals surface area contributed by atoms with Crippen LogP contribution in [0, 0.1) is 5.82 Å². The van der Waals surface area contributed by atoms with E-state index in [1.165, 1.54) is 6.07 Å². The summed E-state index contributed by atoms with van der Waals surface area (Å²) >= 11 is 0. The normalized spacial score (nSPS) is 27.2. The number of aliphatic hydroxyl groups is 2. The van der Waals surface area contributed by atoms with E-state index in [2.05, 4.69) is 0 Å². The second-order valence-electron chi connectivity index (χ2n) is 8.15. The Balaban J connectivity index is 1.68. The number of rotatable bonds is 6. The third kappa shape index (κ3) is 4.62. The smallest absolute Gasteiger partial charge is 0.152 e. The van der Waals surface area contributed by atoms with E-state index in [4.69, 9.17) is 0 Å². The molecular formula is C19H29FN2O4S. The number of aliphatic hydroxyl groups excluding tert-OH is 1. The quantitative estimate of drug-likeness (QED) is 0.742. The molecule has 0 unspecified atom stereocenters. The predicted octanol–water partition coefficient (Wildman–Crippen LogP) is 1.03. The number of piperidine rings is 1. The first-order valence-electron chi connectivity index (χ1n) is 9.45. The van der Waals surface area contributed by atoms with E-state index in [-0.39, 0.29) is 23.9 Å². The Hall–Kier alpha value is -1.22. The summed E-state index contributed by atoms with van der Waals surface area (Å²) in [6, 6.07) is 6.62. The zero-order valence-corrected chi connectivity index (χ0v) is 16.6. The molecular weight excluding hydrogens is 371 g/mol. The number of anilines is 1. The minimum atomic E-state index is -3.08. The SMILES string of the molecule is C[C@@]1(N(CCO)CC2(O)CCN(c3ccccc3F)CC2)CCS(=O)(=O)C1. The molecule has 0 aliphatic carbocycles. The molecule has 2 aliphatic heterocycles. The van der Waals surface area contributed by atoms with Crippen LogP contribution in [0.2, 0.25) is 0 Å². The van der Waals surface area contributed by atoms with Gasteiger partial charge < -0.3 is 15.1 Å². The van der Waals surface area contributed by atoms with Crippen LogP contribution in [0.15, 0.2) is 24.3 Å². The van der Waals surface area contributed by atoms with E-state index in [0.29, 0.717) is 51.1 Å². The van der Waals surface area contributed by atoms with E-state index >= 15 is 0 Å². The maximum absolute atomic E-state index is 14.0. The lowest BCUT2D eigenvalue weighted by Crippen LogP contribution is -2.58. The van der Waals surface area contributed by atoms with Crippen molar-refractivity contribution in [1.82, 2.24) is 4.90 Å². The Morgan fingerprint density at radius 1 is 1.22 bits per heavy atom. The summed E-state index contributed by atoms with van der Waals surface area (Å²) < 4.78 is 37.9. The lowest BCUT2D eigenvalue weighted by Gasteiger charge is -2.46. The van der Waals surface area contributed by atoms with Gasteiger partial charge in [-0.3, -0.25) is 4.90 Å². The summed E-state index contributed by atoms with van der Waals surface area (Å²) in [5.41, 5.74) is -1.01. The number of hydrogen-bond acceptors (Lipinski definition) is 6. The molecule has 0 aromatic heterocycles. The number of nitrogens with zero attached hydrogens (tertiary/aromatic N) is 2. The number of β-amino-alcohol motifs (C(OH)–C–C–N with tert-alkyl or cyclic N) is 2. The third-order valence-corrected chi connectivity index (χ3v) is 7.88. The Morgan fingerprint density at radius 2 is 1.89 bits per heavy atom. The summed E-state index contributed by atoms with van der Waals surface area (Å²) in [7, 11) is -3.08. The van der Waals surface area contributed by atoms with Crippen molar-refractivity contribution in [1.29, 1.82) is 0 Å². The van der Waals surface area contributed by atoms with Crippen molar-refractivity contribution >= 4 is 15.5 Å². The van der Waals surface area contributed by atoms with Crippen LogP contribution >= 0.6 is 0 Å². The first-order chi connectivity index (χ1) is 12.7. The minimum absolute atomic E-state index is 0.0530. The van der Waals surface area contributed by atoms with Gasteiger partial charge in [-0.05, 0) is 38.3 Å². The van der Waals surface area contributed by atoms with Gasteiger partial charge in [0.05, 0.1) is 29.4 Å². The minimum Gasteiger partial charge on any atom is -0.395 e. The molecule has 2 saturated heterocycles. The van der Waals surface area contributed by atoms with Gasteiger partial charge in [-0.2, -0.15) is 0 Å². The Bertz CT molecular complexity index is 765. The van der Waals surface area contributed by atoms with E-state index in [0.717, 1.165) is 0 Å². The highest BCUT2D eigenvalue weighted by Crippen LogP contribution is 2.34. The molecule has 6 nitrogen and oxygen atoms in total. The Labute approximate surface area is 160 Å². The molecule has 2 fully saturated rings. The standard InChI is InChI=1S/C19H29FN2O4S/c1-18(8-13-27(25,26)15-18)22(11-12-23)14-19(24)6-9-21(10-7-19)17-5-3-2-4-16(17)20/h2-5,23-24H,6-15H2,1H3/t18-/m1/s1. The lowest BCUT2D eigenvalue weighted by atomic mass is 9.88. The van der Waals surface area contributed by atoms with Crippen LogP contribution in [-0.4, -0.2) is 79.0 Å². The fourth-order valence-electron chi connectivity index (χ4n) is 4.29. The van der Waals surface area contributed by atoms with Gasteiger partial charge in [-0.15, -0.1) is 0 Å². The fraction of sp³-hybridized carbons (Fsp3) is 0.684. The molecule has 2 N–H and O–H groups in total. The second-order valence-corrected chi connectivity index (χ2v) is 10.3. The monoisotopic (exact) mass is 400 g/mol. The number of sulfone groups is 1. The molecule has 3 rings (SSSR count). The van der Waals surface area contributed by atoms with Crippen molar-refractivity contribution < 1.29 is 23.0 Å². The summed E-state index contributed by atoms with van der Waals surface area (Å²) in [5.74, 6) is -0.0731. The Kier molecular flexibility index (Phi) is 5.82. The molecule has 27 heavy (non-hydrogen) atoms. The van der Waals surface area contributed by atoms with Crippen LogP contribution in [-0.2, 0) is 9.84 Å². The fourth-order valence-corrected chi connectivity index (χ4v) is 6.46. The van der Waals surface area contributed by atoms with Crippen LogP contribution in [0.3, 0.4) is 0 Å². The van der Waals surface area contributed by atoms with Gasteiger partial charge in [0.15, 0.2) is 9.84 Å². The van der Waals surface area contributed by atoms with Crippen LogP contribution in [0.25, 0.3) is 0 Å². The van der Waals surface area contributed by atoms with Crippen molar-refractivity contribution in [3.05, 3.63) is 30.1 Å². The molecule has 1 atom stereocenters. The van der Waals surface area contributed by atoms with Crippen molar-refractivity contribution in [2.24, 2.45) is 0 Å². The summed E-state index contributed by atoms with van der Waals surface area (Å²) in [6.45, 7) is 3.49. The van der Waals surface area contributed by atoms with Gasteiger partial charge in [0.1, 0.15) is 5.82 Å². The molecule has 0 bridgehead atoms. The molecule has 2 heterocycles. The van der Waals surface area contributed by atoms with E-state index in [1.54, 1.807) is 18.2 Å². The highest BCUT2D eigenvalue weighted by molar-refractivity contribution is 7.91. The maximum atomic E-state index is 14.0.